The predicted molar refractivity (Wildman–Crippen MR) is 117 cm³/mol. The van der Waals surface area contributed by atoms with Crippen LogP contribution in [0.1, 0.15) is 0 Å². The topological polar surface area (TPSA) is 25.8 Å². The molecule has 1 heterocycles. The molecule has 0 saturated heterocycles. The van der Waals surface area contributed by atoms with Gasteiger partial charge in [0.05, 0.1) is 22.9 Å². The van der Waals surface area contributed by atoms with Crippen molar-refractivity contribution in [3.8, 4) is 11.3 Å². The summed E-state index contributed by atoms with van der Waals surface area (Å²) in [5.41, 5.74) is 3.91. The predicted octanol–water partition coefficient (Wildman–Crippen LogP) is 6.76. The van der Waals surface area contributed by atoms with Gasteiger partial charge in [0.2, 0.25) is 0 Å². The van der Waals surface area contributed by atoms with Crippen molar-refractivity contribution < 1.29 is 0 Å². The molecule has 2 heteroatoms. The highest BCUT2D eigenvalue weighted by atomic mass is 14.8. The Morgan fingerprint density at radius 2 is 1.11 bits per heavy atom. The van der Waals surface area contributed by atoms with Crippen LogP contribution in [0.4, 0.5) is 0 Å². The van der Waals surface area contributed by atoms with E-state index in [9.17, 15) is 0 Å². The molecule has 0 amide bonds. The van der Waals surface area contributed by atoms with Crippen LogP contribution < -0.4 is 0 Å². The molecule has 0 fully saturated rings. The lowest BCUT2D eigenvalue weighted by Crippen LogP contribution is -1.92. The van der Waals surface area contributed by atoms with Crippen molar-refractivity contribution in [2.24, 2.45) is 0 Å². The molecule has 0 unspecified atom stereocenters. The number of hydrogen-bond acceptors (Lipinski definition) is 2. The van der Waals surface area contributed by atoms with E-state index in [4.69, 9.17) is 9.97 Å². The fourth-order valence-electron chi connectivity index (χ4n) is 4.11. The van der Waals surface area contributed by atoms with Gasteiger partial charge in [-0.3, -0.25) is 4.98 Å². The zero-order valence-corrected chi connectivity index (χ0v) is 15.1. The van der Waals surface area contributed by atoms with Crippen molar-refractivity contribution >= 4 is 43.4 Å². The maximum Gasteiger partial charge on any atom is 0.0979 e. The van der Waals surface area contributed by atoms with Crippen molar-refractivity contribution in [3.05, 3.63) is 97.2 Å². The first kappa shape index (κ1) is 15.3. The lowest BCUT2D eigenvalue weighted by Gasteiger charge is -2.10. The average molecular weight is 356 g/mol. The number of fused-ring (bicyclic) bond motifs is 7. The Labute approximate surface area is 162 Å². The molecule has 0 aliphatic carbocycles. The third kappa shape index (κ3) is 2.21. The zero-order chi connectivity index (χ0) is 18.5. The molecule has 0 spiro atoms. The lowest BCUT2D eigenvalue weighted by atomic mass is 9.99. The Kier molecular flexibility index (Phi) is 3.20. The Hall–Kier alpha value is -3.78. The molecule has 5 aromatic carbocycles. The first-order valence-electron chi connectivity index (χ1n) is 9.44. The van der Waals surface area contributed by atoms with Gasteiger partial charge < -0.3 is 0 Å². The molecular weight excluding hydrogens is 340 g/mol. The minimum absolute atomic E-state index is 0.902. The van der Waals surface area contributed by atoms with Crippen LogP contribution in [0.3, 0.4) is 0 Å². The largest absolute Gasteiger partial charge is 0.252 e. The van der Waals surface area contributed by atoms with Gasteiger partial charge in [0.15, 0.2) is 0 Å². The van der Waals surface area contributed by atoms with Crippen LogP contribution in [0, 0.1) is 0 Å². The van der Waals surface area contributed by atoms with Crippen LogP contribution in [-0.2, 0) is 0 Å². The molecule has 0 atom stereocenters. The molecule has 6 rings (SSSR count). The highest BCUT2D eigenvalue weighted by molar-refractivity contribution is 6.23. The van der Waals surface area contributed by atoms with E-state index in [-0.39, 0.29) is 0 Å². The summed E-state index contributed by atoms with van der Waals surface area (Å²) in [6.07, 6.45) is 1.90. The fraction of sp³-hybridized carbons (Fsp3) is 0. The first-order valence-corrected chi connectivity index (χ1v) is 9.44. The smallest absolute Gasteiger partial charge is 0.0979 e. The normalized spacial score (nSPS) is 11.6. The first-order chi connectivity index (χ1) is 13.9. The molecule has 6 aromatic rings. The Morgan fingerprint density at radius 3 is 1.86 bits per heavy atom. The molecule has 130 valence electrons. The summed E-state index contributed by atoms with van der Waals surface area (Å²) in [4.78, 5) is 9.92. The van der Waals surface area contributed by atoms with Gasteiger partial charge in [0.25, 0.3) is 0 Å². The summed E-state index contributed by atoms with van der Waals surface area (Å²) in [7, 11) is 0. The SMILES string of the molecule is c1ccc2cc(-c3cnc4c5ccccc5c5ccccc5c4n3)ccc2c1. The van der Waals surface area contributed by atoms with E-state index < -0.39 is 0 Å². The number of hydrogen-bond donors (Lipinski definition) is 0. The van der Waals surface area contributed by atoms with Gasteiger partial charge in [0.1, 0.15) is 0 Å². The number of aromatic nitrogens is 2. The summed E-state index contributed by atoms with van der Waals surface area (Å²) < 4.78 is 0. The summed E-state index contributed by atoms with van der Waals surface area (Å²) in [6, 6.07) is 31.8. The zero-order valence-electron chi connectivity index (χ0n) is 15.1. The molecular formula is C26H16N2. The van der Waals surface area contributed by atoms with Crippen LogP contribution in [0.25, 0.3) is 54.6 Å². The molecule has 0 bridgehead atoms. The van der Waals surface area contributed by atoms with Crippen molar-refractivity contribution in [2.45, 2.75) is 0 Å². The Morgan fingerprint density at radius 1 is 0.500 bits per heavy atom. The summed E-state index contributed by atoms with van der Waals surface area (Å²) in [5, 5.41) is 7.18. The van der Waals surface area contributed by atoms with Crippen molar-refractivity contribution in [1.82, 2.24) is 9.97 Å². The van der Waals surface area contributed by atoms with Gasteiger partial charge in [0, 0.05) is 16.3 Å². The molecule has 28 heavy (non-hydrogen) atoms. The third-order valence-corrected chi connectivity index (χ3v) is 5.47. The monoisotopic (exact) mass is 356 g/mol. The summed E-state index contributed by atoms with van der Waals surface area (Å²) in [6.45, 7) is 0. The number of benzene rings is 5. The maximum absolute atomic E-state index is 5.07. The molecule has 1 aromatic heterocycles. The van der Waals surface area contributed by atoms with E-state index in [0.29, 0.717) is 0 Å². The van der Waals surface area contributed by atoms with Gasteiger partial charge in [-0.1, -0.05) is 84.9 Å². The van der Waals surface area contributed by atoms with E-state index in [2.05, 4.69) is 91.0 Å². The van der Waals surface area contributed by atoms with Crippen molar-refractivity contribution in [1.29, 1.82) is 0 Å². The van der Waals surface area contributed by atoms with E-state index in [1.54, 1.807) is 0 Å². The number of rotatable bonds is 1. The second-order valence-electron chi connectivity index (χ2n) is 7.11. The van der Waals surface area contributed by atoms with Gasteiger partial charge in [-0.2, -0.15) is 0 Å². The fourth-order valence-corrected chi connectivity index (χ4v) is 4.11. The van der Waals surface area contributed by atoms with E-state index >= 15 is 0 Å². The quantitative estimate of drug-likeness (QED) is 0.304. The van der Waals surface area contributed by atoms with Gasteiger partial charge in [-0.05, 0) is 27.6 Å². The minimum Gasteiger partial charge on any atom is -0.252 e. The van der Waals surface area contributed by atoms with Crippen LogP contribution in [0.15, 0.2) is 97.2 Å². The highest BCUT2D eigenvalue weighted by Gasteiger charge is 2.12. The molecule has 0 radical (unpaired) electrons. The lowest BCUT2D eigenvalue weighted by molar-refractivity contribution is 1.31. The average Bonchev–Trinajstić information content (AvgIpc) is 2.78. The Bertz CT molecular complexity index is 1480. The third-order valence-electron chi connectivity index (χ3n) is 5.47. The van der Waals surface area contributed by atoms with Crippen LogP contribution in [0.5, 0.6) is 0 Å². The molecule has 2 nitrogen and oxygen atoms in total. The number of nitrogens with zero attached hydrogens (tertiary/aromatic N) is 2. The van der Waals surface area contributed by atoms with E-state index in [0.717, 1.165) is 33.1 Å². The molecule has 0 aliphatic rings. The summed E-state index contributed by atoms with van der Waals surface area (Å²) in [5.74, 6) is 0. The van der Waals surface area contributed by atoms with Crippen LogP contribution >= 0.6 is 0 Å². The standard InChI is InChI=1S/C26H16N2/c1-2-8-18-15-19(14-13-17(18)7-1)24-16-27-25-22-11-5-3-9-20(22)21-10-4-6-12-23(21)26(25)28-24/h1-16H. The minimum atomic E-state index is 0.902. The highest BCUT2D eigenvalue weighted by Crippen LogP contribution is 2.34. The molecule has 0 aliphatic heterocycles. The Balaban J connectivity index is 1.70. The second-order valence-corrected chi connectivity index (χ2v) is 7.11. The van der Waals surface area contributed by atoms with Crippen molar-refractivity contribution in [3.63, 3.8) is 0 Å². The molecule has 0 N–H and O–H groups in total. The summed E-state index contributed by atoms with van der Waals surface area (Å²) >= 11 is 0. The van der Waals surface area contributed by atoms with Gasteiger partial charge in [-0.15, -0.1) is 0 Å². The second kappa shape index (κ2) is 5.86. The van der Waals surface area contributed by atoms with Gasteiger partial charge >= 0.3 is 0 Å². The molecule has 0 saturated carbocycles. The maximum atomic E-state index is 5.07. The van der Waals surface area contributed by atoms with Crippen LogP contribution in [-0.4, -0.2) is 9.97 Å². The van der Waals surface area contributed by atoms with Gasteiger partial charge in [-0.25, -0.2) is 4.98 Å². The van der Waals surface area contributed by atoms with Crippen molar-refractivity contribution in [2.75, 3.05) is 0 Å². The van der Waals surface area contributed by atoms with E-state index in [1.165, 1.54) is 21.5 Å². The van der Waals surface area contributed by atoms with E-state index in [1.807, 2.05) is 6.20 Å². The van der Waals surface area contributed by atoms with Crippen LogP contribution in [0.2, 0.25) is 0 Å².